The second kappa shape index (κ2) is 9.48. The van der Waals surface area contributed by atoms with Gasteiger partial charge < -0.3 is 20.1 Å². The highest BCUT2D eigenvalue weighted by molar-refractivity contribution is 5.68. The first kappa shape index (κ1) is 23.2. The van der Waals surface area contributed by atoms with E-state index in [-0.39, 0.29) is 17.7 Å². The first-order valence-corrected chi connectivity index (χ1v) is 11.3. The van der Waals surface area contributed by atoms with Crippen molar-refractivity contribution in [3.8, 4) is 23.3 Å². The third-order valence-electron chi connectivity index (χ3n) is 5.58. The van der Waals surface area contributed by atoms with Gasteiger partial charge >= 0.3 is 6.09 Å². The van der Waals surface area contributed by atoms with Crippen molar-refractivity contribution in [2.75, 3.05) is 18.8 Å². The maximum absolute atomic E-state index is 12.6. The Labute approximate surface area is 199 Å². The van der Waals surface area contributed by atoms with Crippen molar-refractivity contribution in [3.05, 3.63) is 66.0 Å². The number of benzene rings is 2. The number of nitrogens with two attached hydrogens (primary N) is 1. The van der Waals surface area contributed by atoms with Crippen molar-refractivity contribution in [2.45, 2.75) is 45.1 Å². The van der Waals surface area contributed by atoms with Gasteiger partial charge in [0.25, 0.3) is 0 Å². The van der Waals surface area contributed by atoms with Crippen LogP contribution in [0.5, 0.6) is 11.5 Å². The Kier molecular flexibility index (Phi) is 6.46. The molecule has 1 aliphatic heterocycles. The summed E-state index contributed by atoms with van der Waals surface area (Å²) >= 11 is 0. The van der Waals surface area contributed by atoms with Gasteiger partial charge in [-0.05, 0) is 70.0 Å². The third-order valence-corrected chi connectivity index (χ3v) is 5.58. The fourth-order valence-electron chi connectivity index (χ4n) is 4.02. The van der Waals surface area contributed by atoms with Crippen LogP contribution in [0.2, 0.25) is 0 Å². The molecule has 0 radical (unpaired) electrons. The molecule has 34 heavy (non-hydrogen) atoms. The summed E-state index contributed by atoms with van der Waals surface area (Å²) < 4.78 is 12.9. The minimum absolute atomic E-state index is 0.0738. The molecule has 4 rings (SSSR count). The average molecular weight is 460 g/mol. The van der Waals surface area contributed by atoms with E-state index in [0.29, 0.717) is 35.9 Å². The zero-order valence-corrected chi connectivity index (χ0v) is 19.7. The summed E-state index contributed by atoms with van der Waals surface area (Å²) in [6, 6.07) is 19.0. The third kappa shape index (κ3) is 5.15. The largest absolute Gasteiger partial charge is 0.457 e. The molecule has 8 nitrogen and oxygen atoms in total. The van der Waals surface area contributed by atoms with Crippen LogP contribution in [0, 0.1) is 11.3 Å². The maximum Gasteiger partial charge on any atom is 0.410 e. The van der Waals surface area contributed by atoms with Crippen LogP contribution < -0.4 is 10.5 Å². The Morgan fingerprint density at radius 1 is 1.12 bits per heavy atom. The fourth-order valence-corrected chi connectivity index (χ4v) is 4.02. The summed E-state index contributed by atoms with van der Waals surface area (Å²) in [6.07, 6.45) is 1.29. The van der Waals surface area contributed by atoms with E-state index in [1.807, 2.05) is 75.4 Å². The van der Waals surface area contributed by atoms with Crippen LogP contribution in [0.4, 0.5) is 10.5 Å². The molecule has 1 saturated heterocycles. The molecule has 1 atom stereocenters. The second-order valence-electron chi connectivity index (χ2n) is 9.35. The number of nitriles is 1. The number of para-hydroxylation sites is 1. The molecule has 0 aliphatic carbocycles. The fraction of sp³-hybridized carbons (Fsp3) is 0.346. The van der Waals surface area contributed by atoms with E-state index in [0.717, 1.165) is 18.6 Å². The van der Waals surface area contributed by atoms with Gasteiger partial charge in [-0.25, -0.2) is 9.48 Å². The number of likely N-dealkylation sites (tertiary alicyclic amines) is 1. The van der Waals surface area contributed by atoms with Gasteiger partial charge in [-0.15, -0.1) is 0 Å². The van der Waals surface area contributed by atoms with E-state index in [1.54, 1.807) is 9.58 Å². The van der Waals surface area contributed by atoms with E-state index in [4.69, 9.17) is 20.3 Å². The summed E-state index contributed by atoms with van der Waals surface area (Å²) in [6.45, 7) is 6.62. The number of nitrogens with zero attached hydrogens (tertiary/aromatic N) is 4. The number of anilines is 1. The van der Waals surface area contributed by atoms with Gasteiger partial charge in [0.05, 0.1) is 17.1 Å². The number of carbonyl (C=O) groups excluding carboxylic acids is 1. The number of hydrogen-bond acceptors (Lipinski definition) is 6. The van der Waals surface area contributed by atoms with Crippen LogP contribution in [0.15, 0.2) is 54.6 Å². The zero-order valence-electron chi connectivity index (χ0n) is 19.7. The summed E-state index contributed by atoms with van der Waals surface area (Å²) in [5.74, 6) is 1.34. The van der Waals surface area contributed by atoms with Gasteiger partial charge in [0, 0.05) is 19.0 Å². The number of aromatic nitrogens is 2. The van der Waals surface area contributed by atoms with E-state index < -0.39 is 5.60 Å². The Bertz CT molecular complexity index is 1190. The van der Waals surface area contributed by atoms with E-state index >= 15 is 0 Å². The first-order chi connectivity index (χ1) is 16.2. The number of piperidine rings is 1. The molecule has 2 N–H and O–H groups in total. The lowest BCUT2D eigenvalue weighted by atomic mass is 9.94. The quantitative estimate of drug-likeness (QED) is 0.572. The van der Waals surface area contributed by atoms with Gasteiger partial charge in [0.1, 0.15) is 23.2 Å². The molecule has 0 spiro atoms. The van der Waals surface area contributed by atoms with E-state index in [2.05, 4.69) is 6.07 Å². The number of amides is 1. The van der Waals surface area contributed by atoms with Crippen LogP contribution in [-0.2, 0) is 4.74 Å². The highest BCUT2D eigenvalue weighted by Crippen LogP contribution is 2.33. The molecule has 1 fully saturated rings. The van der Waals surface area contributed by atoms with Crippen molar-refractivity contribution < 1.29 is 14.3 Å². The van der Waals surface area contributed by atoms with E-state index in [9.17, 15) is 10.1 Å². The molecule has 1 aromatic heterocycles. The SMILES string of the molecule is CC(C)(C)OC(=O)N1CCCC(c2nn(-c3ccc(Oc4ccccc4)cc3)c(C#N)c2N)C1. The van der Waals surface area contributed by atoms with Crippen LogP contribution in [0.1, 0.15) is 50.9 Å². The number of ether oxygens (including phenoxy) is 2. The molecule has 3 aromatic rings. The topological polar surface area (TPSA) is 106 Å². The Hall–Kier alpha value is -3.99. The van der Waals surface area contributed by atoms with E-state index in [1.165, 1.54) is 0 Å². The summed E-state index contributed by atoms with van der Waals surface area (Å²) in [5, 5.41) is 14.5. The number of hydrogen-bond donors (Lipinski definition) is 1. The van der Waals surface area contributed by atoms with Gasteiger partial charge in [-0.3, -0.25) is 0 Å². The lowest BCUT2D eigenvalue weighted by Gasteiger charge is -2.33. The minimum atomic E-state index is -0.561. The molecule has 8 heteroatoms. The van der Waals surface area contributed by atoms with Gasteiger partial charge in [0.2, 0.25) is 0 Å². The normalized spacial score (nSPS) is 16.1. The number of carbonyl (C=O) groups is 1. The number of nitrogen functional groups attached to an aromatic ring is 1. The molecule has 1 amide bonds. The smallest absolute Gasteiger partial charge is 0.410 e. The molecular formula is C26H29N5O3. The van der Waals surface area contributed by atoms with Gasteiger partial charge in [-0.2, -0.15) is 10.4 Å². The molecule has 2 heterocycles. The van der Waals surface area contributed by atoms with Crippen molar-refractivity contribution in [1.29, 1.82) is 5.26 Å². The molecular weight excluding hydrogens is 430 g/mol. The first-order valence-electron chi connectivity index (χ1n) is 11.3. The standard InChI is InChI=1S/C26H29N5O3/c1-26(2,3)34-25(32)30-15-7-8-18(17-30)24-23(28)22(16-27)31(29-24)19-11-13-21(14-12-19)33-20-9-5-4-6-10-20/h4-6,9-14,18H,7-8,15,17,28H2,1-3H3. The summed E-state index contributed by atoms with van der Waals surface area (Å²) in [7, 11) is 0. The Morgan fingerprint density at radius 2 is 1.79 bits per heavy atom. The molecule has 176 valence electrons. The van der Waals surface area contributed by atoms with Crippen molar-refractivity contribution in [3.63, 3.8) is 0 Å². The van der Waals surface area contributed by atoms with Crippen molar-refractivity contribution in [2.24, 2.45) is 0 Å². The van der Waals surface area contributed by atoms with Crippen molar-refractivity contribution in [1.82, 2.24) is 14.7 Å². The zero-order chi connectivity index (χ0) is 24.3. The highest BCUT2D eigenvalue weighted by atomic mass is 16.6. The average Bonchev–Trinajstić information content (AvgIpc) is 3.15. The monoisotopic (exact) mass is 459 g/mol. The van der Waals surface area contributed by atoms with Crippen LogP contribution in [0.3, 0.4) is 0 Å². The second-order valence-corrected chi connectivity index (χ2v) is 9.35. The lowest BCUT2D eigenvalue weighted by molar-refractivity contribution is 0.0197. The molecule has 2 aromatic carbocycles. The lowest BCUT2D eigenvalue weighted by Crippen LogP contribution is -2.42. The van der Waals surface area contributed by atoms with Crippen LogP contribution in [-0.4, -0.2) is 39.5 Å². The van der Waals surface area contributed by atoms with Crippen molar-refractivity contribution >= 4 is 11.8 Å². The summed E-state index contributed by atoms with van der Waals surface area (Å²) in [5.41, 5.74) is 7.78. The molecule has 0 saturated carbocycles. The van der Waals surface area contributed by atoms with Crippen LogP contribution >= 0.6 is 0 Å². The summed E-state index contributed by atoms with van der Waals surface area (Å²) in [4.78, 5) is 14.3. The highest BCUT2D eigenvalue weighted by Gasteiger charge is 2.32. The predicted octanol–water partition coefficient (Wildman–Crippen LogP) is 5.23. The van der Waals surface area contributed by atoms with Gasteiger partial charge in [0.15, 0.2) is 5.69 Å². The number of rotatable bonds is 4. The Morgan fingerprint density at radius 3 is 2.44 bits per heavy atom. The minimum Gasteiger partial charge on any atom is -0.457 e. The maximum atomic E-state index is 12.6. The molecule has 1 unspecified atom stereocenters. The van der Waals surface area contributed by atoms with Crippen LogP contribution in [0.25, 0.3) is 5.69 Å². The molecule has 1 aliphatic rings. The van der Waals surface area contributed by atoms with Gasteiger partial charge in [-0.1, -0.05) is 18.2 Å². The predicted molar refractivity (Wildman–Crippen MR) is 129 cm³/mol. The Balaban J connectivity index is 1.55. The molecule has 0 bridgehead atoms.